The maximum Gasteiger partial charge on any atom is 0.273 e. The van der Waals surface area contributed by atoms with Gasteiger partial charge in [-0.2, -0.15) is 5.10 Å². The predicted octanol–water partition coefficient (Wildman–Crippen LogP) is 3.10. The number of hydrogen-bond acceptors (Lipinski definition) is 4. The van der Waals surface area contributed by atoms with Gasteiger partial charge in [0.1, 0.15) is 0 Å². The zero-order chi connectivity index (χ0) is 15.6. The van der Waals surface area contributed by atoms with Crippen LogP contribution in [0.4, 0.5) is 5.69 Å². The fraction of sp³-hybridized carbons (Fsp3) is 0.250. The van der Waals surface area contributed by atoms with Crippen molar-refractivity contribution in [2.24, 2.45) is 0 Å². The van der Waals surface area contributed by atoms with Crippen LogP contribution in [0.25, 0.3) is 0 Å². The molecule has 2 heterocycles. The summed E-state index contributed by atoms with van der Waals surface area (Å²) in [6.07, 6.45) is 1.64. The molecule has 0 aliphatic carbocycles. The second-order valence-electron chi connectivity index (χ2n) is 4.01. The van der Waals surface area contributed by atoms with Gasteiger partial charge < -0.3 is 10.6 Å². The Morgan fingerprint density at radius 2 is 2.10 bits per heavy atom. The monoisotopic (exact) mass is 434 g/mol. The minimum absolute atomic E-state index is 0.197. The van der Waals surface area contributed by atoms with Gasteiger partial charge in [-0.15, -0.1) is 11.3 Å². The quantitative estimate of drug-likeness (QED) is 0.774. The van der Waals surface area contributed by atoms with E-state index in [-0.39, 0.29) is 17.5 Å². The van der Waals surface area contributed by atoms with Crippen LogP contribution in [0.3, 0.4) is 0 Å². The molecule has 0 unspecified atom stereocenters. The Labute approximate surface area is 142 Å². The lowest BCUT2D eigenvalue weighted by molar-refractivity contribution is 0.0958. The number of thiophene rings is 1. The van der Waals surface area contributed by atoms with Gasteiger partial charge in [0, 0.05) is 24.3 Å². The summed E-state index contributed by atoms with van der Waals surface area (Å²) < 4.78 is 3.25. The van der Waals surface area contributed by atoms with Crippen LogP contribution in [0.2, 0.25) is 0 Å². The summed E-state index contributed by atoms with van der Waals surface area (Å²) in [6.45, 7) is 2.51. The lowest BCUT2D eigenvalue weighted by Gasteiger charge is -2.02. The van der Waals surface area contributed by atoms with Crippen LogP contribution >= 0.6 is 43.2 Å². The highest BCUT2D eigenvalue weighted by molar-refractivity contribution is 9.13. The third-order valence-corrected chi connectivity index (χ3v) is 5.90. The lowest BCUT2D eigenvalue weighted by atomic mass is 10.3. The topological polar surface area (TPSA) is 76.0 Å². The van der Waals surface area contributed by atoms with Gasteiger partial charge in [-0.05, 0) is 44.8 Å². The molecule has 0 aliphatic rings. The first-order valence-corrected chi connectivity index (χ1v) is 8.42. The molecule has 2 rings (SSSR count). The highest BCUT2D eigenvalue weighted by Crippen LogP contribution is 2.32. The minimum atomic E-state index is -0.342. The lowest BCUT2D eigenvalue weighted by Crippen LogP contribution is -2.21. The average molecular weight is 436 g/mol. The van der Waals surface area contributed by atoms with Crippen molar-refractivity contribution in [3.8, 4) is 0 Å². The van der Waals surface area contributed by atoms with E-state index >= 15 is 0 Å². The first-order chi connectivity index (χ1) is 9.96. The van der Waals surface area contributed by atoms with E-state index < -0.39 is 0 Å². The van der Waals surface area contributed by atoms with E-state index in [1.165, 1.54) is 18.4 Å². The molecule has 0 fully saturated rings. The molecule has 0 bridgehead atoms. The number of anilines is 1. The molecule has 0 aliphatic heterocycles. The normalized spacial score (nSPS) is 10.5. The third kappa shape index (κ3) is 3.53. The Morgan fingerprint density at radius 3 is 2.62 bits per heavy atom. The molecule has 0 aromatic carbocycles. The molecule has 0 saturated carbocycles. The maximum absolute atomic E-state index is 12.2. The number of rotatable bonds is 4. The van der Waals surface area contributed by atoms with Crippen LogP contribution in [0.1, 0.15) is 27.1 Å². The molecule has 0 radical (unpaired) electrons. The van der Waals surface area contributed by atoms with E-state index in [2.05, 4.69) is 47.6 Å². The molecule has 0 saturated heterocycles. The Hall–Kier alpha value is -1.19. The zero-order valence-corrected chi connectivity index (χ0v) is 15.2. The summed E-state index contributed by atoms with van der Waals surface area (Å²) in [5.74, 6) is -0.627. The number of aryl methyl sites for hydroxylation is 1. The van der Waals surface area contributed by atoms with Crippen molar-refractivity contribution in [1.82, 2.24) is 15.1 Å². The molecule has 9 heteroatoms. The van der Waals surface area contributed by atoms with Gasteiger partial charge in [0.25, 0.3) is 11.8 Å². The molecule has 0 spiro atoms. The van der Waals surface area contributed by atoms with Crippen LogP contribution in [-0.4, -0.2) is 28.6 Å². The second kappa shape index (κ2) is 6.71. The number of nitrogens with one attached hydrogen (secondary N) is 2. The van der Waals surface area contributed by atoms with Crippen LogP contribution in [0, 0.1) is 0 Å². The van der Waals surface area contributed by atoms with Crippen LogP contribution in [0.15, 0.2) is 20.5 Å². The molecule has 2 N–H and O–H groups in total. The SMILES string of the molecule is CCn1cc(NC(=O)c2cc(Br)c(Br)s2)c(C(=O)NC)n1. The van der Waals surface area contributed by atoms with E-state index in [9.17, 15) is 9.59 Å². The molecule has 2 aromatic heterocycles. The van der Waals surface area contributed by atoms with Crippen molar-refractivity contribution in [1.29, 1.82) is 0 Å². The van der Waals surface area contributed by atoms with E-state index in [1.54, 1.807) is 16.9 Å². The molecule has 6 nitrogen and oxygen atoms in total. The zero-order valence-electron chi connectivity index (χ0n) is 11.2. The summed E-state index contributed by atoms with van der Waals surface area (Å²) in [4.78, 5) is 24.5. The molecular formula is C12H12Br2N4O2S. The van der Waals surface area contributed by atoms with E-state index in [0.717, 1.165) is 8.26 Å². The number of hydrogen-bond donors (Lipinski definition) is 2. The maximum atomic E-state index is 12.2. The summed E-state index contributed by atoms with van der Waals surface area (Å²) >= 11 is 7.99. The first-order valence-electron chi connectivity index (χ1n) is 6.02. The van der Waals surface area contributed by atoms with Crippen molar-refractivity contribution in [3.63, 3.8) is 0 Å². The number of aromatic nitrogens is 2. The van der Waals surface area contributed by atoms with Crippen molar-refractivity contribution in [3.05, 3.63) is 31.1 Å². The molecule has 0 atom stereocenters. The second-order valence-corrected chi connectivity index (χ2v) is 7.24. The van der Waals surface area contributed by atoms with Gasteiger partial charge in [-0.25, -0.2) is 0 Å². The van der Waals surface area contributed by atoms with Gasteiger partial charge in [0.05, 0.1) is 14.4 Å². The summed E-state index contributed by atoms with van der Waals surface area (Å²) in [5, 5.41) is 9.37. The minimum Gasteiger partial charge on any atom is -0.354 e. The van der Waals surface area contributed by atoms with Crippen molar-refractivity contribution in [2.75, 3.05) is 12.4 Å². The van der Waals surface area contributed by atoms with E-state index in [0.29, 0.717) is 17.1 Å². The summed E-state index contributed by atoms with van der Waals surface area (Å²) in [6, 6.07) is 1.72. The Kier molecular flexibility index (Phi) is 5.17. The standard InChI is InChI=1S/C12H12Br2N4O2S/c1-3-18-5-7(9(17-18)12(20)15-2)16-11(19)8-4-6(13)10(14)21-8/h4-5H,3H2,1-2H3,(H,15,20)(H,16,19). The predicted molar refractivity (Wildman–Crippen MR) is 89.0 cm³/mol. The van der Waals surface area contributed by atoms with Crippen LogP contribution in [0.5, 0.6) is 0 Å². The first kappa shape index (κ1) is 16.2. The molecule has 2 aromatic rings. The van der Waals surface area contributed by atoms with Gasteiger partial charge >= 0.3 is 0 Å². The Bertz CT molecular complexity index is 676. The van der Waals surface area contributed by atoms with E-state index in [1.807, 2.05) is 6.92 Å². The molecular weight excluding hydrogens is 424 g/mol. The number of carbonyl (C=O) groups is 2. The fourth-order valence-electron chi connectivity index (χ4n) is 1.60. The fourth-order valence-corrected chi connectivity index (χ4v) is 3.53. The smallest absolute Gasteiger partial charge is 0.273 e. The van der Waals surface area contributed by atoms with Gasteiger partial charge in [0.2, 0.25) is 0 Å². The number of nitrogens with zero attached hydrogens (tertiary/aromatic N) is 2. The van der Waals surface area contributed by atoms with E-state index in [4.69, 9.17) is 0 Å². The largest absolute Gasteiger partial charge is 0.354 e. The Balaban J connectivity index is 2.28. The number of amides is 2. The van der Waals surface area contributed by atoms with Crippen LogP contribution in [-0.2, 0) is 6.54 Å². The van der Waals surface area contributed by atoms with Crippen molar-refractivity contribution in [2.45, 2.75) is 13.5 Å². The molecule has 112 valence electrons. The Morgan fingerprint density at radius 1 is 1.38 bits per heavy atom. The highest BCUT2D eigenvalue weighted by atomic mass is 79.9. The summed E-state index contributed by atoms with van der Waals surface area (Å²) in [5.41, 5.74) is 0.587. The number of halogens is 2. The average Bonchev–Trinajstić information content (AvgIpc) is 3.02. The van der Waals surface area contributed by atoms with Gasteiger partial charge in [-0.1, -0.05) is 0 Å². The highest BCUT2D eigenvalue weighted by Gasteiger charge is 2.19. The molecule has 2 amide bonds. The molecule has 21 heavy (non-hydrogen) atoms. The van der Waals surface area contributed by atoms with Crippen molar-refractivity contribution >= 4 is 60.7 Å². The number of carbonyl (C=O) groups excluding carboxylic acids is 2. The van der Waals surface area contributed by atoms with Gasteiger partial charge in [-0.3, -0.25) is 14.3 Å². The van der Waals surface area contributed by atoms with Gasteiger partial charge in [0.15, 0.2) is 5.69 Å². The van der Waals surface area contributed by atoms with Crippen LogP contribution < -0.4 is 10.6 Å². The van der Waals surface area contributed by atoms with Crippen molar-refractivity contribution < 1.29 is 9.59 Å². The third-order valence-electron chi connectivity index (χ3n) is 2.64. The summed E-state index contributed by atoms with van der Waals surface area (Å²) in [7, 11) is 1.52.